The molecule has 2 aliphatic carbocycles. The van der Waals surface area contributed by atoms with Crippen LogP contribution in [0.5, 0.6) is 5.75 Å². The number of fused-ring (bicyclic) bond motifs is 2. The molecular formula is C28H35ClO2. The van der Waals surface area contributed by atoms with Gasteiger partial charge in [-0.15, -0.1) is 0 Å². The number of carbonyl (C=O) groups is 1. The van der Waals surface area contributed by atoms with Crippen LogP contribution in [-0.4, -0.2) is 11.9 Å². The molecular weight excluding hydrogens is 404 g/mol. The minimum Gasteiger partial charge on any atom is -0.490 e. The number of carbonyl (C=O) groups excluding carboxylic acids is 1. The minimum atomic E-state index is 0.0145. The van der Waals surface area contributed by atoms with Crippen molar-refractivity contribution in [2.45, 2.75) is 84.2 Å². The molecule has 31 heavy (non-hydrogen) atoms. The van der Waals surface area contributed by atoms with Gasteiger partial charge in [-0.25, -0.2) is 0 Å². The first-order valence-corrected chi connectivity index (χ1v) is 12.1. The Hall–Kier alpha value is -1.80. The van der Waals surface area contributed by atoms with Crippen LogP contribution in [0.25, 0.3) is 0 Å². The molecule has 0 spiro atoms. The summed E-state index contributed by atoms with van der Waals surface area (Å²) >= 11 is 6.41. The summed E-state index contributed by atoms with van der Waals surface area (Å²) < 4.78 is 6.74. The highest BCUT2D eigenvalue weighted by Gasteiger charge is 2.42. The number of ether oxygens (including phenoxy) is 1. The van der Waals surface area contributed by atoms with Gasteiger partial charge >= 0.3 is 0 Å². The molecule has 3 heteroatoms. The average molecular weight is 439 g/mol. The van der Waals surface area contributed by atoms with Crippen LogP contribution in [0.15, 0.2) is 36.4 Å². The molecule has 166 valence electrons. The monoisotopic (exact) mass is 438 g/mol. The number of benzene rings is 2. The Morgan fingerprint density at radius 2 is 1.74 bits per heavy atom. The predicted molar refractivity (Wildman–Crippen MR) is 129 cm³/mol. The molecule has 3 unspecified atom stereocenters. The Balaban J connectivity index is 1.72. The van der Waals surface area contributed by atoms with E-state index >= 15 is 0 Å². The summed E-state index contributed by atoms with van der Waals surface area (Å²) in [6.45, 7) is 13.6. The average Bonchev–Trinajstić information content (AvgIpc) is 2.66. The zero-order valence-corrected chi connectivity index (χ0v) is 20.4. The highest BCUT2D eigenvalue weighted by molar-refractivity contribution is 6.30. The second kappa shape index (κ2) is 8.28. The summed E-state index contributed by atoms with van der Waals surface area (Å²) in [5.74, 6) is 2.78. The van der Waals surface area contributed by atoms with Crippen LogP contribution < -0.4 is 4.74 Å². The highest BCUT2D eigenvalue weighted by Crippen LogP contribution is 2.48. The molecule has 0 fully saturated rings. The van der Waals surface area contributed by atoms with Crippen LogP contribution in [0.1, 0.15) is 99.7 Å². The smallest absolute Gasteiger partial charge is 0.163 e. The summed E-state index contributed by atoms with van der Waals surface area (Å²) in [6.07, 6.45) is 2.61. The summed E-state index contributed by atoms with van der Waals surface area (Å²) in [6, 6.07) is 12.5. The van der Waals surface area contributed by atoms with Crippen LogP contribution >= 0.6 is 11.6 Å². The first kappa shape index (κ1) is 22.4. The molecule has 2 aromatic rings. The van der Waals surface area contributed by atoms with Crippen LogP contribution in [-0.2, 0) is 5.41 Å². The fraction of sp³-hybridized carbons (Fsp3) is 0.536. The molecule has 0 radical (unpaired) electrons. The van der Waals surface area contributed by atoms with Gasteiger partial charge in [-0.2, -0.15) is 0 Å². The maximum Gasteiger partial charge on any atom is 0.163 e. The van der Waals surface area contributed by atoms with Crippen molar-refractivity contribution in [2.24, 2.45) is 11.8 Å². The molecule has 0 N–H and O–H groups in total. The lowest BCUT2D eigenvalue weighted by Gasteiger charge is -2.44. The van der Waals surface area contributed by atoms with Crippen LogP contribution in [0.4, 0.5) is 0 Å². The quantitative estimate of drug-likeness (QED) is 0.484. The SMILES string of the molecule is CC(C)C1CCC(=O)c2ccc(OC3CC(C)(C)c4ccc(Cl)cc4C3C(C)C)cc21. The van der Waals surface area contributed by atoms with Gasteiger partial charge < -0.3 is 4.74 Å². The second-order valence-electron chi connectivity index (χ2n) is 10.8. The number of hydrogen-bond donors (Lipinski definition) is 0. The largest absolute Gasteiger partial charge is 0.490 e. The van der Waals surface area contributed by atoms with Gasteiger partial charge in [-0.1, -0.05) is 59.2 Å². The van der Waals surface area contributed by atoms with Gasteiger partial charge in [0.05, 0.1) is 0 Å². The second-order valence-corrected chi connectivity index (χ2v) is 11.2. The van der Waals surface area contributed by atoms with E-state index in [1.807, 2.05) is 18.2 Å². The summed E-state index contributed by atoms with van der Waals surface area (Å²) in [5.41, 5.74) is 4.77. The van der Waals surface area contributed by atoms with E-state index in [0.29, 0.717) is 24.2 Å². The van der Waals surface area contributed by atoms with E-state index in [9.17, 15) is 4.79 Å². The molecule has 0 heterocycles. The van der Waals surface area contributed by atoms with E-state index in [1.165, 1.54) is 16.7 Å². The first-order chi connectivity index (χ1) is 14.6. The van der Waals surface area contributed by atoms with E-state index in [1.54, 1.807) is 0 Å². The van der Waals surface area contributed by atoms with Gasteiger partial charge in [0, 0.05) is 22.9 Å². The van der Waals surface area contributed by atoms with Gasteiger partial charge in [0.15, 0.2) is 5.78 Å². The Morgan fingerprint density at radius 1 is 1.00 bits per heavy atom. The van der Waals surface area contributed by atoms with E-state index in [-0.39, 0.29) is 23.2 Å². The standard InChI is InChI=1S/C28H35ClO2/c1-16(2)20-10-12-25(30)21-9-8-19(14-22(20)21)31-26-15-28(5,6)24-11-7-18(29)13-23(24)27(26)17(3)4/h7-9,11,13-14,16-17,20,26-27H,10,12,15H2,1-6H3. The molecule has 0 bridgehead atoms. The lowest BCUT2D eigenvalue weighted by atomic mass is 9.64. The molecule has 3 atom stereocenters. The molecule has 2 aromatic carbocycles. The summed E-state index contributed by atoms with van der Waals surface area (Å²) in [4.78, 5) is 12.5. The van der Waals surface area contributed by atoms with Crippen molar-refractivity contribution in [3.05, 3.63) is 63.7 Å². The zero-order valence-electron chi connectivity index (χ0n) is 19.7. The van der Waals surface area contributed by atoms with Crippen molar-refractivity contribution in [3.63, 3.8) is 0 Å². The van der Waals surface area contributed by atoms with E-state index in [4.69, 9.17) is 16.3 Å². The predicted octanol–water partition coefficient (Wildman–Crippen LogP) is 7.92. The van der Waals surface area contributed by atoms with Gasteiger partial charge in [0.1, 0.15) is 11.9 Å². The number of Topliss-reactive ketones (excluding diaryl/α,β-unsaturated/α-hetero) is 1. The van der Waals surface area contributed by atoms with Crippen molar-refractivity contribution in [1.82, 2.24) is 0 Å². The third-order valence-corrected chi connectivity index (χ3v) is 7.66. The minimum absolute atomic E-state index is 0.0145. The Labute approximate surface area is 192 Å². The fourth-order valence-electron chi connectivity index (χ4n) is 5.89. The van der Waals surface area contributed by atoms with Crippen molar-refractivity contribution >= 4 is 17.4 Å². The molecule has 0 aliphatic heterocycles. The normalized spacial score (nSPS) is 24.8. The van der Waals surface area contributed by atoms with Crippen molar-refractivity contribution in [3.8, 4) is 5.75 Å². The molecule has 2 nitrogen and oxygen atoms in total. The molecule has 2 aliphatic rings. The van der Waals surface area contributed by atoms with E-state index in [2.05, 4.69) is 59.7 Å². The van der Waals surface area contributed by atoms with Gasteiger partial charge in [-0.05, 0) is 83.0 Å². The van der Waals surface area contributed by atoms with Crippen molar-refractivity contribution in [2.75, 3.05) is 0 Å². The molecule has 0 saturated carbocycles. The van der Waals surface area contributed by atoms with E-state index in [0.717, 1.165) is 29.2 Å². The Bertz CT molecular complexity index is 989. The van der Waals surface area contributed by atoms with Crippen LogP contribution in [0, 0.1) is 11.8 Å². The number of halogens is 1. The fourth-order valence-corrected chi connectivity index (χ4v) is 6.07. The van der Waals surface area contributed by atoms with Crippen LogP contribution in [0.2, 0.25) is 5.02 Å². The molecule has 0 saturated heterocycles. The van der Waals surface area contributed by atoms with Gasteiger partial charge in [0.2, 0.25) is 0 Å². The van der Waals surface area contributed by atoms with Gasteiger partial charge in [-0.3, -0.25) is 4.79 Å². The molecule has 4 rings (SSSR count). The lowest BCUT2D eigenvalue weighted by molar-refractivity contribution is 0.0960. The number of rotatable bonds is 4. The maximum atomic E-state index is 12.5. The van der Waals surface area contributed by atoms with E-state index < -0.39 is 0 Å². The van der Waals surface area contributed by atoms with Crippen LogP contribution in [0.3, 0.4) is 0 Å². The first-order valence-electron chi connectivity index (χ1n) is 11.7. The number of ketones is 1. The molecule has 0 aromatic heterocycles. The van der Waals surface area contributed by atoms with Gasteiger partial charge in [0.25, 0.3) is 0 Å². The Kier molecular flexibility index (Phi) is 5.98. The summed E-state index contributed by atoms with van der Waals surface area (Å²) in [5, 5.41) is 0.785. The van der Waals surface area contributed by atoms with Crippen molar-refractivity contribution in [1.29, 1.82) is 0 Å². The topological polar surface area (TPSA) is 26.3 Å². The maximum absolute atomic E-state index is 12.5. The lowest BCUT2D eigenvalue weighted by Crippen LogP contribution is -2.41. The summed E-state index contributed by atoms with van der Waals surface area (Å²) in [7, 11) is 0. The number of hydrogen-bond acceptors (Lipinski definition) is 2. The third kappa shape index (κ3) is 4.16. The third-order valence-electron chi connectivity index (χ3n) is 7.43. The zero-order chi connectivity index (χ0) is 22.5. The highest BCUT2D eigenvalue weighted by atomic mass is 35.5. The Morgan fingerprint density at radius 3 is 2.42 bits per heavy atom. The molecule has 0 amide bonds. The van der Waals surface area contributed by atoms with Crippen molar-refractivity contribution < 1.29 is 9.53 Å².